The van der Waals surface area contributed by atoms with Crippen molar-refractivity contribution in [2.45, 2.75) is 19.4 Å². The zero-order chi connectivity index (χ0) is 20.4. The lowest BCUT2D eigenvalue weighted by Crippen LogP contribution is -2.45. The van der Waals surface area contributed by atoms with E-state index in [0.29, 0.717) is 35.2 Å². The Labute approximate surface area is 179 Å². The number of rotatable bonds is 4. The second-order valence-corrected chi connectivity index (χ2v) is 8.15. The number of fused-ring (bicyclic) bond motifs is 1. The van der Waals surface area contributed by atoms with Gasteiger partial charge in [-0.3, -0.25) is 9.59 Å². The van der Waals surface area contributed by atoms with Crippen molar-refractivity contribution in [3.8, 4) is 0 Å². The molecular weight excluding hydrogens is 409 g/mol. The topological polar surface area (TPSA) is 65.2 Å². The highest BCUT2D eigenvalue weighted by Gasteiger charge is 2.29. The summed E-state index contributed by atoms with van der Waals surface area (Å²) in [6, 6.07) is 12.9. The number of halogens is 2. The van der Waals surface area contributed by atoms with E-state index in [1.54, 1.807) is 17.0 Å². The van der Waals surface area contributed by atoms with Crippen LogP contribution >= 0.6 is 23.2 Å². The predicted octanol–water partition coefficient (Wildman–Crippen LogP) is 4.64. The number of benzene rings is 2. The summed E-state index contributed by atoms with van der Waals surface area (Å²) in [7, 11) is 0. The van der Waals surface area contributed by atoms with E-state index in [0.717, 1.165) is 29.3 Å². The highest BCUT2D eigenvalue weighted by Crippen LogP contribution is 2.23. The Balaban J connectivity index is 1.38. The molecule has 3 aromatic rings. The maximum Gasteiger partial charge on any atom is 0.253 e. The van der Waals surface area contributed by atoms with Crippen molar-refractivity contribution in [3.63, 3.8) is 0 Å². The average molecular weight is 430 g/mol. The van der Waals surface area contributed by atoms with Gasteiger partial charge in [0.2, 0.25) is 5.91 Å². The number of carbonyl (C=O) groups is 2. The van der Waals surface area contributed by atoms with Gasteiger partial charge in [-0.15, -0.1) is 0 Å². The predicted molar refractivity (Wildman–Crippen MR) is 115 cm³/mol. The normalized spacial score (nSPS) is 16.8. The van der Waals surface area contributed by atoms with Gasteiger partial charge in [-0.1, -0.05) is 35.3 Å². The number of amides is 2. The van der Waals surface area contributed by atoms with Crippen LogP contribution in [-0.4, -0.2) is 34.8 Å². The molecule has 2 N–H and O–H groups in total. The zero-order valence-electron chi connectivity index (χ0n) is 15.8. The van der Waals surface area contributed by atoms with Crippen LogP contribution in [0.5, 0.6) is 0 Å². The quantitative estimate of drug-likeness (QED) is 0.633. The van der Waals surface area contributed by atoms with Crippen LogP contribution < -0.4 is 5.32 Å². The van der Waals surface area contributed by atoms with Crippen LogP contribution in [0.1, 0.15) is 28.8 Å². The SMILES string of the molecule is O=C(NCc1ccc(Cl)c(Cl)c1)[C@@H]1CCCN(C(=O)c2ccc3cc[nH]c3c2)C1. The molecule has 2 heterocycles. The third kappa shape index (κ3) is 4.41. The molecule has 1 fully saturated rings. The molecule has 2 aromatic carbocycles. The molecule has 7 heteroatoms. The molecule has 1 aromatic heterocycles. The van der Waals surface area contributed by atoms with Crippen LogP contribution in [-0.2, 0) is 11.3 Å². The fourth-order valence-corrected chi connectivity index (χ4v) is 4.04. The lowest BCUT2D eigenvalue weighted by molar-refractivity contribution is -0.126. The third-order valence-corrected chi connectivity index (χ3v) is 6.07. The highest BCUT2D eigenvalue weighted by atomic mass is 35.5. The molecule has 0 unspecified atom stereocenters. The van der Waals surface area contributed by atoms with E-state index in [-0.39, 0.29) is 17.7 Å². The molecule has 1 atom stereocenters. The van der Waals surface area contributed by atoms with E-state index >= 15 is 0 Å². The van der Waals surface area contributed by atoms with Crippen molar-refractivity contribution in [1.29, 1.82) is 0 Å². The summed E-state index contributed by atoms with van der Waals surface area (Å²) >= 11 is 12.0. The Kier molecular flexibility index (Phi) is 5.79. The van der Waals surface area contributed by atoms with Gasteiger partial charge in [-0.2, -0.15) is 0 Å². The van der Waals surface area contributed by atoms with E-state index in [1.165, 1.54) is 0 Å². The van der Waals surface area contributed by atoms with Crippen molar-refractivity contribution in [2.75, 3.05) is 13.1 Å². The van der Waals surface area contributed by atoms with Crippen LogP contribution in [0.3, 0.4) is 0 Å². The van der Waals surface area contributed by atoms with Crippen LogP contribution in [0.2, 0.25) is 10.0 Å². The maximum absolute atomic E-state index is 12.9. The number of hydrogen-bond donors (Lipinski definition) is 2. The first-order valence-electron chi connectivity index (χ1n) is 9.59. The molecule has 0 saturated carbocycles. The standard InChI is InChI=1S/C22H21Cl2N3O2/c23-18-6-3-14(10-19(18)24)12-26-21(28)17-2-1-9-27(13-17)22(29)16-5-4-15-7-8-25-20(15)11-16/h3-8,10-11,17,25H,1-2,9,12-13H2,(H,26,28)/t17-/m1/s1. The van der Waals surface area contributed by atoms with E-state index in [9.17, 15) is 9.59 Å². The molecule has 0 bridgehead atoms. The molecule has 29 heavy (non-hydrogen) atoms. The second-order valence-electron chi connectivity index (χ2n) is 7.34. The smallest absolute Gasteiger partial charge is 0.253 e. The van der Waals surface area contributed by atoms with Gasteiger partial charge < -0.3 is 15.2 Å². The minimum Gasteiger partial charge on any atom is -0.361 e. The molecule has 1 aliphatic heterocycles. The summed E-state index contributed by atoms with van der Waals surface area (Å²) < 4.78 is 0. The van der Waals surface area contributed by atoms with Crippen molar-refractivity contribution >= 4 is 45.9 Å². The van der Waals surface area contributed by atoms with E-state index < -0.39 is 0 Å². The van der Waals surface area contributed by atoms with E-state index in [4.69, 9.17) is 23.2 Å². The Bertz CT molecular complexity index is 1060. The zero-order valence-corrected chi connectivity index (χ0v) is 17.3. The molecule has 4 rings (SSSR count). The molecule has 0 radical (unpaired) electrons. The highest BCUT2D eigenvalue weighted by molar-refractivity contribution is 6.42. The molecule has 2 amide bonds. The van der Waals surface area contributed by atoms with Gasteiger partial charge in [0, 0.05) is 36.9 Å². The first kappa shape index (κ1) is 19.8. The number of aromatic amines is 1. The Morgan fingerprint density at radius 1 is 1.10 bits per heavy atom. The maximum atomic E-state index is 12.9. The minimum absolute atomic E-state index is 0.0384. The fourth-order valence-electron chi connectivity index (χ4n) is 3.72. The Morgan fingerprint density at radius 2 is 1.97 bits per heavy atom. The number of nitrogens with one attached hydrogen (secondary N) is 2. The number of H-pyrrole nitrogens is 1. The second kappa shape index (κ2) is 8.47. The van der Waals surface area contributed by atoms with Gasteiger partial charge in [0.25, 0.3) is 5.91 Å². The fraction of sp³-hybridized carbons (Fsp3) is 0.273. The third-order valence-electron chi connectivity index (χ3n) is 5.33. The van der Waals surface area contributed by atoms with Crippen LogP contribution in [0.15, 0.2) is 48.7 Å². The summed E-state index contributed by atoms with van der Waals surface area (Å²) in [6.45, 7) is 1.47. The molecule has 0 spiro atoms. The van der Waals surface area contributed by atoms with Gasteiger partial charge in [-0.05, 0) is 54.1 Å². The lowest BCUT2D eigenvalue weighted by atomic mass is 9.96. The number of nitrogens with zero attached hydrogens (tertiary/aromatic N) is 1. The average Bonchev–Trinajstić information content (AvgIpc) is 3.22. The van der Waals surface area contributed by atoms with Crippen molar-refractivity contribution in [2.24, 2.45) is 5.92 Å². The molecule has 5 nitrogen and oxygen atoms in total. The number of piperidine rings is 1. The number of hydrogen-bond acceptors (Lipinski definition) is 2. The van der Waals surface area contributed by atoms with Crippen LogP contribution in [0.25, 0.3) is 10.9 Å². The van der Waals surface area contributed by atoms with Crippen LogP contribution in [0.4, 0.5) is 0 Å². The monoisotopic (exact) mass is 429 g/mol. The first-order chi connectivity index (χ1) is 14.0. The van der Waals surface area contributed by atoms with Gasteiger partial charge in [0.05, 0.1) is 16.0 Å². The molecule has 150 valence electrons. The van der Waals surface area contributed by atoms with Gasteiger partial charge in [0.15, 0.2) is 0 Å². The molecule has 1 aliphatic rings. The summed E-state index contributed by atoms with van der Waals surface area (Å²) in [4.78, 5) is 30.5. The largest absolute Gasteiger partial charge is 0.361 e. The number of carbonyl (C=O) groups excluding carboxylic acids is 2. The van der Waals surface area contributed by atoms with Gasteiger partial charge in [-0.25, -0.2) is 0 Å². The van der Waals surface area contributed by atoms with E-state index in [2.05, 4.69) is 10.3 Å². The van der Waals surface area contributed by atoms with Crippen molar-refractivity contribution in [3.05, 3.63) is 69.8 Å². The number of likely N-dealkylation sites (tertiary alicyclic amines) is 1. The Hall–Kier alpha value is -2.50. The summed E-state index contributed by atoms with van der Waals surface area (Å²) in [5, 5.41) is 4.97. The van der Waals surface area contributed by atoms with Crippen molar-refractivity contribution in [1.82, 2.24) is 15.2 Å². The first-order valence-corrected chi connectivity index (χ1v) is 10.3. The Morgan fingerprint density at radius 3 is 2.79 bits per heavy atom. The minimum atomic E-state index is -0.218. The molecule has 1 saturated heterocycles. The summed E-state index contributed by atoms with van der Waals surface area (Å²) in [5.74, 6) is -0.304. The number of aromatic nitrogens is 1. The van der Waals surface area contributed by atoms with E-state index in [1.807, 2.05) is 36.5 Å². The van der Waals surface area contributed by atoms with Gasteiger partial charge >= 0.3 is 0 Å². The molecular formula is C22H21Cl2N3O2. The molecule has 0 aliphatic carbocycles. The van der Waals surface area contributed by atoms with Gasteiger partial charge in [0.1, 0.15) is 0 Å². The van der Waals surface area contributed by atoms with Crippen molar-refractivity contribution < 1.29 is 9.59 Å². The summed E-state index contributed by atoms with van der Waals surface area (Å²) in [6.07, 6.45) is 3.43. The van der Waals surface area contributed by atoms with Crippen LogP contribution in [0, 0.1) is 5.92 Å². The lowest BCUT2D eigenvalue weighted by Gasteiger charge is -2.32. The summed E-state index contributed by atoms with van der Waals surface area (Å²) in [5.41, 5.74) is 2.45.